The van der Waals surface area contributed by atoms with Crippen LogP contribution in [0.4, 0.5) is 0 Å². The molecule has 6 nitrogen and oxygen atoms in total. The lowest BCUT2D eigenvalue weighted by atomic mass is 10.1. The molecule has 0 radical (unpaired) electrons. The Morgan fingerprint density at radius 3 is 2.50 bits per heavy atom. The van der Waals surface area contributed by atoms with E-state index < -0.39 is 5.92 Å². The van der Waals surface area contributed by atoms with Gasteiger partial charge in [0.05, 0.1) is 0 Å². The van der Waals surface area contributed by atoms with Crippen LogP contribution in [0.25, 0.3) is 11.1 Å². The first-order valence-electron chi connectivity index (χ1n) is 7.51. The van der Waals surface area contributed by atoms with Gasteiger partial charge in [0.1, 0.15) is 11.4 Å². The Bertz CT molecular complexity index is 783. The summed E-state index contributed by atoms with van der Waals surface area (Å²) in [5, 5.41) is 18.2. The highest BCUT2D eigenvalue weighted by molar-refractivity contribution is 7.80. The van der Waals surface area contributed by atoms with Gasteiger partial charge in [-0.1, -0.05) is 0 Å². The Balaban J connectivity index is 2.39. The highest BCUT2D eigenvalue weighted by Gasteiger charge is 2.24. The van der Waals surface area contributed by atoms with Crippen LogP contribution in [0, 0.1) is 0 Å². The molecule has 0 spiro atoms. The van der Waals surface area contributed by atoms with E-state index in [0.717, 1.165) is 0 Å². The quantitative estimate of drug-likeness (QED) is 0.725. The second-order valence-corrected chi connectivity index (χ2v) is 6.09. The summed E-state index contributed by atoms with van der Waals surface area (Å²) in [4.78, 5) is 18.4. The first kappa shape index (κ1) is 18.3. The van der Waals surface area contributed by atoms with E-state index in [0.29, 0.717) is 29.8 Å². The van der Waals surface area contributed by atoms with E-state index in [2.05, 4.69) is 17.2 Å². The SMILES string of the molecule is CCN(CC)C(=O)c1ccc2oc(C(CC(O)=S)C(O)=S)nc2c1. The van der Waals surface area contributed by atoms with Crippen LogP contribution in [-0.2, 0) is 0 Å². The summed E-state index contributed by atoms with van der Waals surface area (Å²) in [5.74, 6) is -0.731. The molecular weight excluding hydrogens is 348 g/mol. The fourth-order valence-corrected chi connectivity index (χ4v) is 2.73. The number of amides is 1. The van der Waals surface area contributed by atoms with Gasteiger partial charge >= 0.3 is 0 Å². The smallest absolute Gasteiger partial charge is 0.253 e. The number of nitrogens with zero attached hydrogens (tertiary/aromatic N) is 2. The van der Waals surface area contributed by atoms with Gasteiger partial charge in [-0.25, -0.2) is 4.98 Å². The summed E-state index contributed by atoms with van der Waals surface area (Å²) >= 11 is 9.43. The van der Waals surface area contributed by atoms with Crippen molar-refractivity contribution in [2.24, 2.45) is 0 Å². The predicted octanol–water partition coefficient (Wildman–Crippen LogP) is 3.55. The molecule has 0 fully saturated rings. The van der Waals surface area contributed by atoms with Crippen molar-refractivity contribution in [2.75, 3.05) is 13.1 Å². The van der Waals surface area contributed by atoms with E-state index in [1.54, 1.807) is 23.1 Å². The number of benzene rings is 1. The number of aliphatic hydroxyl groups excluding tert-OH is 2. The molecule has 0 saturated carbocycles. The molecule has 1 aromatic carbocycles. The van der Waals surface area contributed by atoms with Crippen LogP contribution in [0.5, 0.6) is 0 Å². The van der Waals surface area contributed by atoms with Crippen LogP contribution in [-0.4, -0.2) is 49.2 Å². The minimum atomic E-state index is -0.799. The van der Waals surface area contributed by atoms with Crippen LogP contribution in [0.3, 0.4) is 0 Å². The van der Waals surface area contributed by atoms with Crippen molar-refractivity contribution in [2.45, 2.75) is 26.2 Å². The second-order valence-electron chi connectivity index (χ2n) is 5.20. The van der Waals surface area contributed by atoms with E-state index >= 15 is 0 Å². The summed E-state index contributed by atoms with van der Waals surface area (Å²) in [7, 11) is 0. The standard InChI is InChI=1S/C16H18N2O4S2/c1-3-18(4-2)15(20)9-5-6-12-11(7-9)17-14(22-12)10(16(21)24)8-13(19)23/h5-7,10H,3-4,8H2,1-2H3,(H,19,23)(H,21,24). The number of aliphatic hydroxyl groups is 2. The molecule has 0 aliphatic heterocycles. The molecule has 0 aliphatic rings. The number of carbonyl (C=O) groups is 1. The topological polar surface area (TPSA) is 86.8 Å². The number of hydrogen-bond donors (Lipinski definition) is 2. The van der Waals surface area contributed by atoms with E-state index in [1.807, 2.05) is 13.8 Å². The summed E-state index contributed by atoms with van der Waals surface area (Å²) in [6.45, 7) is 5.07. The Morgan fingerprint density at radius 2 is 1.96 bits per heavy atom. The van der Waals surface area contributed by atoms with Gasteiger partial charge in [-0.2, -0.15) is 0 Å². The first-order valence-corrected chi connectivity index (χ1v) is 8.33. The number of carbonyl (C=O) groups excluding carboxylic acids is 1. The Labute approximate surface area is 150 Å². The lowest BCUT2D eigenvalue weighted by Crippen LogP contribution is -2.30. The number of fused-ring (bicyclic) bond motifs is 1. The molecule has 2 rings (SSSR count). The first-order chi connectivity index (χ1) is 11.4. The van der Waals surface area contributed by atoms with Gasteiger partial charge in [-0.3, -0.25) is 4.79 Å². The van der Waals surface area contributed by atoms with E-state index in [-0.39, 0.29) is 28.3 Å². The van der Waals surface area contributed by atoms with Crippen molar-refractivity contribution in [3.63, 3.8) is 0 Å². The maximum Gasteiger partial charge on any atom is 0.253 e. The fraction of sp³-hybridized carbons (Fsp3) is 0.375. The monoisotopic (exact) mass is 366 g/mol. The van der Waals surface area contributed by atoms with Gasteiger partial charge < -0.3 is 19.5 Å². The van der Waals surface area contributed by atoms with Gasteiger partial charge in [-0.05, 0) is 56.5 Å². The third-order valence-corrected chi connectivity index (χ3v) is 4.13. The van der Waals surface area contributed by atoms with Crippen molar-refractivity contribution in [3.05, 3.63) is 29.7 Å². The predicted molar refractivity (Wildman–Crippen MR) is 99.1 cm³/mol. The lowest BCUT2D eigenvalue weighted by Gasteiger charge is -2.18. The van der Waals surface area contributed by atoms with E-state index in [9.17, 15) is 15.0 Å². The van der Waals surface area contributed by atoms with Gasteiger partial charge in [0.2, 0.25) is 5.89 Å². The summed E-state index contributed by atoms with van der Waals surface area (Å²) in [6, 6.07) is 4.95. The van der Waals surface area contributed by atoms with Crippen molar-refractivity contribution in [1.82, 2.24) is 9.88 Å². The number of rotatable bonds is 7. The van der Waals surface area contributed by atoms with Crippen LogP contribution in [0.2, 0.25) is 0 Å². The minimum Gasteiger partial charge on any atom is -0.502 e. The van der Waals surface area contributed by atoms with Crippen LogP contribution < -0.4 is 0 Å². The Morgan fingerprint density at radius 1 is 1.29 bits per heavy atom. The number of oxazole rings is 1. The second kappa shape index (κ2) is 7.67. The largest absolute Gasteiger partial charge is 0.502 e. The number of hydrogen-bond acceptors (Lipinski definition) is 5. The van der Waals surface area contributed by atoms with Gasteiger partial charge in [-0.15, -0.1) is 0 Å². The lowest BCUT2D eigenvalue weighted by molar-refractivity contribution is 0.0773. The zero-order valence-corrected chi connectivity index (χ0v) is 15.0. The summed E-state index contributed by atoms with van der Waals surface area (Å²) in [5.41, 5.74) is 1.45. The molecule has 1 unspecified atom stereocenters. The zero-order valence-electron chi connectivity index (χ0n) is 13.4. The molecule has 1 aromatic heterocycles. The van der Waals surface area contributed by atoms with Crippen molar-refractivity contribution >= 4 is 51.5 Å². The van der Waals surface area contributed by atoms with Crippen LogP contribution in [0.15, 0.2) is 22.6 Å². The van der Waals surface area contributed by atoms with Gasteiger partial charge in [0, 0.05) is 25.1 Å². The molecule has 8 heteroatoms. The van der Waals surface area contributed by atoms with Crippen molar-refractivity contribution in [1.29, 1.82) is 0 Å². The summed E-state index contributed by atoms with van der Waals surface area (Å²) < 4.78 is 5.59. The molecular formula is C16H18N2O4S2. The Kier molecular flexibility index (Phi) is 5.84. The molecule has 2 aromatic rings. The average Bonchev–Trinajstić information content (AvgIpc) is 2.95. The van der Waals surface area contributed by atoms with E-state index in [4.69, 9.17) is 16.6 Å². The van der Waals surface area contributed by atoms with Gasteiger partial charge in [0.25, 0.3) is 5.91 Å². The average molecular weight is 366 g/mol. The molecule has 2 N–H and O–H groups in total. The zero-order chi connectivity index (χ0) is 17.9. The number of aromatic nitrogens is 1. The molecule has 1 atom stereocenters. The molecule has 24 heavy (non-hydrogen) atoms. The summed E-state index contributed by atoms with van der Waals surface area (Å²) in [6.07, 6.45) is -0.0529. The third kappa shape index (κ3) is 3.88. The molecule has 1 heterocycles. The maximum atomic E-state index is 12.4. The molecule has 0 aliphatic carbocycles. The molecule has 128 valence electrons. The maximum absolute atomic E-state index is 12.4. The number of thiocarbonyl (C=S) groups is 2. The van der Waals surface area contributed by atoms with Crippen molar-refractivity contribution in [3.8, 4) is 0 Å². The molecule has 1 amide bonds. The highest BCUT2D eigenvalue weighted by Crippen LogP contribution is 2.26. The third-order valence-electron chi connectivity index (χ3n) is 3.68. The fourth-order valence-electron chi connectivity index (χ4n) is 2.38. The van der Waals surface area contributed by atoms with E-state index in [1.165, 1.54) is 0 Å². The molecule has 0 saturated heterocycles. The highest BCUT2D eigenvalue weighted by atomic mass is 32.1. The van der Waals surface area contributed by atoms with Crippen molar-refractivity contribution < 1.29 is 19.4 Å². The van der Waals surface area contributed by atoms with Crippen LogP contribution >= 0.6 is 24.4 Å². The van der Waals surface area contributed by atoms with Gasteiger partial charge in [0.15, 0.2) is 15.7 Å². The minimum absolute atomic E-state index is 0.0529. The van der Waals surface area contributed by atoms with Crippen LogP contribution in [0.1, 0.15) is 42.4 Å². The normalized spacial score (nSPS) is 12.1. The Hall–Kier alpha value is -2.06. The molecule has 0 bridgehead atoms.